The number of amidine groups is 1. The molecule has 0 atom stereocenters. The standard InChI is InChI=1S/C8H19N3O2/c1-11(6-7-12)5-3-2-4-8(9)10-13/h12-13H,2-7H2,1H3,(H2,9,10). The maximum atomic E-state index is 8.61. The molecule has 0 aliphatic carbocycles. The molecule has 0 aliphatic heterocycles. The SMILES string of the molecule is CN(CCO)CCCC/C(N)=N/O. The number of nitrogens with zero attached hydrogens (tertiary/aromatic N) is 2. The third-order valence-corrected chi connectivity index (χ3v) is 1.83. The van der Waals surface area contributed by atoms with Gasteiger partial charge in [-0.05, 0) is 26.4 Å². The quantitative estimate of drug-likeness (QED) is 0.171. The lowest BCUT2D eigenvalue weighted by Crippen LogP contribution is -2.23. The lowest BCUT2D eigenvalue weighted by Gasteiger charge is -2.14. The molecular weight excluding hydrogens is 170 g/mol. The molecule has 0 heterocycles. The van der Waals surface area contributed by atoms with Crippen LogP contribution in [0.3, 0.4) is 0 Å². The maximum absolute atomic E-state index is 8.61. The van der Waals surface area contributed by atoms with Gasteiger partial charge in [-0.3, -0.25) is 0 Å². The fourth-order valence-corrected chi connectivity index (χ4v) is 1.02. The smallest absolute Gasteiger partial charge is 0.139 e. The van der Waals surface area contributed by atoms with Crippen molar-refractivity contribution >= 4 is 5.84 Å². The van der Waals surface area contributed by atoms with Crippen LogP contribution in [0.15, 0.2) is 5.16 Å². The minimum atomic E-state index is 0.191. The summed E-state index contributed by atoms with van der Waals surface area (Å²) in [4.78, 5) is 2.05. The number of rotatable bonds is 7. The summed E-state index contributed by atoms with van der Waals surface area (Å²) < 4.78 is 0. The third-order valence-electron chi connectivity index (χ3n) is 1.83. The first-order valence-electron chi connectivity index (χ1n) is 4.46. The predicted molar refractivity (Wildman–Crippen MR) is 51.8 cm³/mol. The Morgan fingerprint density at radius 1 is 1.38 bits per heavy atom. The summed E-state index contributed by atoms with van der Waals surface area (Å²) in [5, 5.41) is 19.7. The van der Waals surface area contributed by atoms with Gasteiger partial charge in [0.25, 0.3) is 0 Å². The summed E-state index contributed by atoms with van der Waals surface area (Å²) in [5.74, 6) is 0.282. The number of nitrogens with two attached hydrogens (primary N) is 1. The number of aliphatic hydroxyl groups excluding tert-OH is 1. The van der Waals surface area contributed by atoms with Crippen molar-refractivity contribution in [1.82, 2.24) is 4.90 Å². The highest BCUT2D eigenvalue weighted by molar-refractivity contribution is 5.79. The van der Waals surface area contributed by atoms with Crippen molar-refractivity contribution < 1.29 is 10.3 Å². The maximum Gasteiger partial charge on any atom is 0.139 e. The van der Waals surface area contributed by atoms with Crippen molar-refractivity contribution in [1.29, 1.82) is 0 Å². The Morgan fingerprint density at radius 3 is 2.62 bits per heavy atom. The van der Waals surface area contributed by atoms with E-state index in [2.05, 4.69) is 5.16 Å². The molecule has 0 saturated carbocycles. The van der Waals surface area contributed by atoms with E-state index >= 15 is 0 Å². The van der Waals surface area contributed by atoms with E-state index in [1.54, 1.807) is 0 Å². The van der Waals surface area contributed by atoms with E-state index in [4.69, 9.17) is 16.0 Å². The second kappa shape index (κ2) is 7.82. The molecule has 0 aromatic rings. The van der Waals surface area contributed by atoms with E-state index in [0.717, 1.165) is 19.4 Å². The van der Waals surface area contributed by atoms with E-state index in [1.165, 1.54) is 0 Å². The van der Waals surface area contributed by atoms with Crippen molar-refractivity contribution in [3.05, 3.63) is 0 Å². The molecule has 0 aliphatic rings. The Hall–Kier alpha value is -0.810. The molecule has 0 spiro atoms. The number of likely N-dealkylation sites (N-methyl/N-ethyl adjacent to an activating group) is 1. The average Bonchev–Trinajstić information content (AvgIpc) is 2.12. The van der Waals surface area contributed by atoms with Crippen LogP contribution in [0.1, 0.15) is 19.3 Å². The van der Waals surface area contributed by atoms with Crippen LogP contribution in [0.2, 0.25) is 0 Å². The first kappa shape index (κ1) is 12.2. The molecule has 0 aromatic carbocycles. The third kappa shape index (κ3) is 7.55. The lowest BCUT2D eigenvalue weighted by molar-refractivity contribution is 0.219. The normalized spacial score (nSPS) is 12.4. The molecule has 0 radical (unpaired) electrons. The molecule has 4 N–H and O–H groups in total. The summed E-state index contributed by atoms with van der Waals surface area (Å²) in [6.45, 7) is 1.82. The van der Waals surface area contributed by atoms with E-state index in [0.29, 0.717) is 13.0 Å². The highest BCUT2D eigenvalue weighted by Crippen LogP contribution is 1.96. The van der Waals surface area contributed by atoms with E-state index in [1.807, 2.05) is 11.9 Å². The van der Waals surface area contributed by atoms with Crippen molar-refractivity contribution in [2.45, 2.75) is 19.3 Å². The van der Waals surface area contributed by atoms with Gasteiger partial charge in [-0.2, -0.15) is 0 Å². The molecule has 0 unspecified atom stereocenters. The topological polar surface area (TPSA) is 82.1 Å². The van der Waals surface area contributed by atoms with Gasteiger partial charge < -0.3 is 20.9 Å². The molecular formula is C8H19N3O2. The zero-order valence-corrected chi connectivity index (χ0v) is 8.11. The Labute approximate surface area is 78.8 Å². The van der Waals surface area contributed by atoms with Gasteiger partial charge in [-0.15, -0.1) is 0 Å². The molecule has 78 valence electrons. The van der Waals surface area contributed by atoms with Crippen LogP contribution >= 0.6 is 0 Å². The van der Waals surface area contributed by atoms with Gasteiger partial charge in [0.2, 0.25) is 0 Å². The molecule has 0 bridgehead atoms. The Balaban J connectivity index is 3.25. The van der Waals surface area contributed by atoms with Gasteiger partial charge in [0.05, 0.1) is 6.61 Å². The van der Waals surface area contributed by atoms with Crippen LogP contribution in [0, 0.1) is 0 Å². The molecule has 5 nitrogen and oxygen atoms in total. The van der Waals surface area contributed by atoms with Gasteiger partial charge in [0, 0.05) is 13.0 Å². The first-order valence-corrected chi connectivity index (χ1v) is 4.46. The minimum Gasteiger partial charge on any atom is -0.409 e. The summed E-state index contributed by atoms with van der Waals surface area (Å²) in [6, 6.07) is 0. The molecule has 0 fully saturated rings. The molecule has 0 rings (SSSR count). The fraction of sp³-hybridized carbons (Fsp3) is 0.875. The Bertz CT molecular complexity index is 150. The Morgan fingerprint density at radius 2 is 2.08 bits per heavy atom. The second-order valence-corrected chi connectivity index (χ2v) is 3.08. The molecule has 0 saturated heterocycles. The lowest BCUT2D eigenvalue weighted by atomic mass is 10.2. The summed E-state index contributed by atoms with van der Waals surface area (Å²) in [5.41, 5.74) is 5.29. The average molecular weight is 189 g/mol. The molecule has 5 heteroatoms. The highest BCUT2D eigenvalue weighted by Gasteiger charge is 1.97. The van der Waals surface area contributed by atoms with Crippen LogP contribution < -0.4 is 5.73 Å². The van der Waals surface area contributed by atoms with Gasteiger partial charge >= 0.3 is 0 Å². The van der Waals surface area contributed by atoms with Crippen LogP contribution in [0.25, 0.3) is 0 Å². The zero-order valence-electron chi connectivity index (χ0n) is 8.11. The zero-order chi connectivity index (χ0) is 10.1. The number of unbranched alkanes of at least 4 members (excludes halogenated alkanes) is 1. The van der Waals surface area contributed by atoms with Gasteiger partial charge in [0.1, 0.15) is 5.84 Å². The second-order valence-electron chi connectivity index (χ2n) is 3.08. The number of aliphatic hydroxyl groups is 1. The van der Waals surface area contributed by atoms with E-state index < -0.39 is 0 Å². The largest absolute Gasteiger partial charge is 0.409 e. The fourth-order valence-electron chi connectivity index (χ4n) is 1.02. The molecule has 0 amide bonds. The predicted octanol–water partition coefficient (Wildman–Crippen LogP) is -0.173. The monoisotopic (exact) mass is 189 g/mol. The molecule has 13 heavy (non-hydrogen) atoms. The van der Waals surface area contributed by atoms with Crippen molar-refractivity contribution in [3.8, 4) is 0 Å². The van der Waals surface area contributed by atoms with Gasteiger partial charge in [0.15, 0.2) is 0 Å². The first-order chi connectivity index (χ1) is 6.20. The summed E-state index contributed by atoms with van der Waals surface area (Å²) in [7, 11) is 1.96. The highest BCUT2D eigenvalue weighted by atomic mass is 16.4. The number of oxime groups is 1. The van der Waals surface area contributed by atoms with Crippen molar-refractivity contribution in [2.75, 3.05) is 26.7 Å². The summed E-state index contributed by atoms with van der Waals surface area (Å²) >= 11 is 0. The van der Waals surface area contributed by atoms with Crippen LogP contribution in [-0.4, -0.2) is 47.8 Å². The summed E-state index contributed by atoms with van der Waals surface area (Å²) in [6.07, 6.45) is 2.53. The van der Waals surface area contributed by atoms with Gasteiger partial charge in [-0.1, -0.05) is 5.16 Å². The van der Waals surface area contributed by atoms with E-state index in [-0.39, 0.29) is 12.4 Å². The number of hydrogen-bond acceptors (Lipinski definition) is 4. The van der Waals surface area contributed by atoms with Crippen molar-refractivity contribution in [3.63, 3.8) is 0 Å². The van der Waals surface area contributed by atoms with Gasteiger partial charge in [-0.25, -0.2) is 0 Å². The van der Waals surface area contributed by atoms with E-state index in [9.17, 15) is 0 Å². The Kier molecular flexibility index (Phi) is 7.33. The minimum absolute atomic E-state index is 0.191. The molecule has 0 aromatic heterocycles. The van der Waals surface area contributed by atoms with Crippen molar-refractivity contribution in [2.24, 2.45) is 10.9 Å². The number of hydrogen-bond donors (Lipinski definition) is 3. The van der Waals surface area contributed by atoms with Crippen LogP contribution in [-0.2, 0) is 0 Å². The van der Waals surface area contributed by atoms with Crippen LogP contribution in [0.5, 0.6) is 0 Å². The van der Waals surface area contributed by atoms with Crippen LogP contribution in [0.4, 0.5) is 0 Å².